The fraction of sp³-hybridized carbons (Fsp3) is 0.383. The van der Waals surface area contributed by atoms with Crippen LogP contribution in [-0.2, 0) is 20.9 Å². The van der Waals surface area contributed by atoms with Crippen molar-refractivity contribution < 1.29 is 36.7 Å². The van der Waals surface area contributed by atoms with Crippen LogP contribution in [-0.4, -0.2) is 47.6 Å². The third-order valence-corrected chi connectivity index (χ3v) is 9.69. The molecule has 0 saturated carbocycles. The molecule has 0 unspecified atom stereocenters. The van der Waals surface area contributed by atoms with E-state index < -0.39 is 31.5 Å². The lowest BCUT2D eigenvalue weighted by molar-refractivity contribution is -0.163. The van der Waals surface area contributed by atoms with Crippen molar-refractivity contribution in [1.29, 1.82) is 0 Å². The number of aromatic nitrogens is 1. The van der Waals surface area contributed by atoms with Gasteiger partial charge in [0, 0.05) is 57.6 Å². The zero-order valence-electron chi connectivity index (χ0n) is 34.1. The highest BCUT2D eigenvalue weighted by Crippen LogP contribution is 2.38. The molecule has 0 fully saturated rings. The van der Waals surface area contributed by atoms with E-state index in [-0.39, 0.29) is 17.1 Å². The third kappa shape index (κ3) is 10.8. The van der Waals surface area contributed by atoms with Gasteiger partial charge in [-0.25, -0.2) is 13.6 Å². The molecule has 57 heavy (non-hydrogen) atoms. The second kappa shape index (κ2) is 20.2. The van der Waals surface area contributed by atoms with Gasteiger partial charge in [-0.15, -0.1) is 5.92 Å². The van der Waals surface area contributed by atoms with E-state index in [0.29, 0.717) is 23.2 Å². The standard InChI is InChI=1S/C47H52F4N2O4/c1-9-12-15-17-19-36(28-56-29-47(50,51)46(48)49)43(52-57-34(8)54)35-21-22-41-39(26-35)40-27-38(45(55)42-31(5)24-30(4)25-32(42)6)33(7)37(20-14-11-3)44(40)53(41)23-18-16-13-10-2/h14-15,17,19-22,24-27,46H,10-11,13,16,18,23,28-29H2,1-8H3/b17-15-,20-14-,36-19+,52-43+. The maximum atomic E-state index is 14.6. The molecular formula is C47H52F4N2O4. The highest BCUT2D eigenvalue weighted by Gasteiger charge is 2.41. The molecule has 0 N–H and O–H groups in total. The van der Waals surface area contributed by atoms with Gasteiger partial charge in [0.1, 0.15) is 12.3 Å². The minimum Gasteiger partial charge on any atom is -0.370 e. The van der Waals surface area contributed by atoms with E-state index in [1.54, 1.807) is 13.0 Å². The van der Waals surface area contributed by atoms with Crippen LogP contribution < -0.4 is 0 Å². The molecule has 3 aromatic carbocycles. The Kier molecular flexibility index (Phi) is 15.8. The highest BCUT2D eigenvalue weighted by atomic mass is 19.3. The largest absolute Gasteiger partial charge is 0.370 e. The molecule has 0 bridgehead atoms. The second-order valence-corrected chi connectivity index (χ2v) is 14.2. The zero-order chi connectivity index (χ0) is 41.9. The number of alkyl halides is 4. The molecule has 0 spiro atoms. The summed E-state index contributed by atoms with van der Waals surface area (Å²) in [7, 11) is 0. The van der Waals surface area contributed by atoms with E-state index in [0.717, 1.165) is 81.7 Å². The number of aryl methyl sites for hydroxylation is 4. The fourth-order valence-electron chi connectivity index (χ4n) is 7.07. The van der Waals surface area contributed by atoms with Gasteiger partial charge < -0.3 is 14.1 Å². The van der Waals surface area contributed by atoms with Crippen LogP contribution >= 0.6 is 0 Å². The second-order valence-electron chi connectivity index (χ2n) is 14.2. The predicted octanol–water partition coefficient (Wildman–Crippen LogP) is 12.0. The first-order valence-electron chi connectivity index (χ1n) is 19.3. The molecule has 1 heterocycles. The first-order valence-corrected chi connectivity index (χ1v) is 19.3. The Hall–Kier alpha value is -5.27. The number of unbranched alkanes of at least 4 members (excludes halogenated alkanes) is 3. The van der Waals surface area contributed by atoms with E-state index in [1.807, 2.05) is 58.0 Å². The summed E-state index contributed by atoms with van der Waals surface area (Å²) in [6, 6.07) is 11.5. The Morgan fingerprint density at radius 2 is 1.70 bits per heavy atom. The van der Waals surface area contributed by atoms with E-state index in [9.17, 15) is 27.2 Å². The number of fused-ring (bicyclic) bond motifs is 3. The summed E-state index contributed by atoms with van der Waals surface area (Å²) >= 11 is 0. The monoisotopic (exact) mass is 784 g/mol. The number of carbonyl (C=O) groups excluding carboxylic acids is 2. The van der Waals surface area contributed by atoms with Crippen molar-refractivity contribution >= 4 is 45.3 Å². The number of allylic oxidation sites excluding steroid dienone is 4. The average Bonchev–Trinajstić information content (AvgIpc) is 3.45. The first-order chi connectivity index (χ1) is 27.2. The molecule has 10 heteroatoms. The summed E-state index contributed by atoms with van der Waals surface area (Å²) in [5.74, 6) is 0.282. The Bertz CT molecular complexity index is 2280. The number of benzene rings is 3. The first kappa shape index (κ1) is 44.4. The Morgan fingerprint density at radius 3 is 2.33 bits per heavy atom. The molecule has 4 aromatic rings. The van der Waals surface area contributed by atoms with E-state index in [4.69, 9.17) is 9.57 Å². The van der Waals surface area contributed by atoms with Crippen LogP contribution in [0.3, 0.4) is 0 Å². The molecular weight excluding hydrogens is 733 g/mol. The van der Waals surface area contributed by atoms with Gasteiger partial charge in [0.2, 0.25) is 0 Å². The smallest absolute Gasteiger partial charge is 0.332 e. The molecule has 0 saturated heterocycles. The van der Waals surface area contributed by atoms with Crippen molar-refractivity contribution in [1.82, 2.24) is 4.57 Å². The molecule has 302 valence electrons. The van der Waals surface area contributed by atoms with Gasteiger partial charge in [-0.05, 0) is 88.4 Å². The van der Waals surface area contributed by atoms with Gasteiger partial charge in [0.15, 0.2) is 5.78 Å². The summed E-state index contributed by atoms with van der Waals surface area (Å²) in [6.45, 7) is 13.5. The van der Waals surface area contributed by atoms with E-state index in [1.165, 1.54) is 25.2 Å². The lowest BCUT2D eigenvalue weighted by atomic mass is 9.88. The molecule has 0 aliphatic carbocycles. The Balaban J connectivity index is 2.07. The van der Waals surface area contributed by atoms with Gasteiger partial charge >= 0.3 is 18.3 Å². The van der Waals surface area contributed by atoms with Crippen LogP contribution in [0.25, 0.3) is 27.9 Å². The number of nitrogens with zero attached hydrogens (tertiary/aromatic N) is 2. The molecule has 1 aromatic heterocycles. The summed E-state index contributed by atoms with van der Waals surface area (Å²) in [5, 5.41) is 5.73. The normalized spacial score (nSPS) is 12.7. The van der Waals surface area contributed by atoms with Crippen molar-refractivity contribution in [3.8, 4) is 11.8 Å². The van der Waals surface area contributed by atoms with Crippen molar-refractivity contribution in [3.63, 3.8) is 0 Å². The number of oxime groups is 1. The van der Waals surface area contributed by atoms with Crippen LogP contribution in [0.2, 0.25) is 0 Å². The van der Waals surface area contributed by atoms with Gasteiger partial charge in [-0.3, -0.25) is 4.79 Å². The molecule has 0 aliphatic rings. The Labute approximate surface area is 333 Å². The fourth-order valence-corrected chi connectivity index (χ4v) is 7.07. The van der Waals surface area contributed by atoms with Crippen molar-refractivity contribution in [3.05, 3.63) is 111 Å². The van der Waals surface area contributed by atoms with Crippen molar-refractivity contribution in [2.75, 3.05) is 13.2 Å². The molecule has 6 nitrogen and oxygen atoms in total. The number of hydrogen-bond donors (Lipinski definition) is 0. The van der Waals surface area contributed by atoms with Crippen LogP contribution in [0, 0.1) is 39.5 Å². The summed E-state index contributed by atoms with van der Waals surface area (Å²) in [4.78, 5) is 31.8. The number of hydrogen-bond acceptors (Lipinski definition) is 5. The topological polar surface area (TPSA) is 69.9 Å². The van der Waals surface area contributed by atoms with Crippen molar-refractivity contribution in [2.24, 2.45) is 5.16 Å². The quantitative estimate of drug-likeness (QED) is 0.0147. The van der Waals surface area contributed by atoms with Gasteiger partial charge in [-0.2, -0.15) is 8.78 Å². The summed E-state index contributed by atoms with van der Waals surface area (Å²) in [5.41, 5.74) is 8.37. The molecule has 0 aliphatic heterocycles. The number of ketones is 1. The van der Waals surface area contributed by atoms with Crippen LogP contribution in [0.5, 0.6) is 0 Å². The van der Waals surface area contributed by atoms with Gasteiger partial charge in [0.25, 0.3) is 0 Å². The number of ether oxygens (including phenoxy) is 1. The maximum absolute atomic E-state index is 14.6. The number of rotatable bonds is 18. The average molecular weight is 785 g/mol. The molecule has 0 radical (unpaired) electrons. The van der Waals surface area contributed by atoms with Gasteiger partial charge in [0.05, 0.1) is 12.1 Å². The molecule has 4 rings (SSSR count). The lowest BCUT2D eigenvalue weighted by Gasteiger charge is -2.17. The maximum Gasteiger partial charge on any atom is 0.332 e. The Morgan fingerprint density at radius 1 is 0.982 bits per heavy atom. The van der Waals surface area contributed by atoms with Crippen LogP contribution in [0.15, 0.2) is 71.4 Å². The zero-order valence-corrected chi connectivity index (χ0v) is 34.1. The molecule has 0 atom stereocenters. The predicted molar refractivity (Wildman–Crippen MR) is 222 cm³/mol. The molecule has 0 amide bonds. The van der Waals surface area contributed by atoms with E-state index in [2.05, 4.69) is 47.6 Å². The number of carbonyl (C=O) groups is 2. The SMILES string of the molecule is CC#C\C=C/C=C(COCC(F)(F)C(F)F)/C(=N/OC(C)=O)c1ccc2c(c1)c1cc(C(=O)c3c(C)cc(C)cc3C)c(C)c(/C=C\CC)c1n2CCCCCC. The summed E-state index contributed by atoms with van der Waals surface area (Å²) < 4.78 is 61.3. The van der Waals surface area contributed by atoms with Crippen LogP contribution in [0.4, 0.5) is 17.6 Å². The van der Waals surface area contributed by atoms with E-state index >= 15 is 0 Å². The highest BCUT2D eigenvalue weighted by molar-refractivity contribution is 6.20. The minimum atomic E-state index is -4.38. The van der Waals surface area contributed by atoms with Gasteiger partial charge in [-0.1, -0.05) is 92.3 Å². The number of halogens is 4. The minimum absolute atomic E-state index is 0.0610. The third-order valence-electron chi connectivity index (χ3n) is 9.69. The van der Waals surface area contributed by atoms with Crippen molar-refractivity contribution in [2.45, 2.75) is 106 Å². The summed E-state index contributed by atoms with van der Waals surface area (Å²) in [6.07, 6.45) is 9.69. The lowest BCUT2D eigenvalue weighted by Crippen LogP contribution is -2.33. The van der Waals surface area contributed by atoms with Crippen LogP contribution in [0.1, 0.15) is 109 Å².